The number of amides is 1. The summed E-state index contributed by atoms with van der Waals surface area (Å²) in [6.07, 6.45) is 6.27. The van der Waals surface area contributed by atoms with E-state index in [0.717, 1.165) is 82.3 Å². The molecule has 0 unspecified atom stereocenters. The molecule has 0 bridgehead atoms. The SMILES string of the molecule is CC#CC(=O)N1CC(N2CCC(c3ccc4c(c3)Nc3nccc(C5CCOCC5)c3CO4)CC2)C1. The molecule has 188 valence electrons. The minimum absolute atomic E-state index is 0.0423. The summed E-state index contributed by atoms with van der Waals surface area (Å²) in [6.45, 7) is 7.64. The van der Waals surface area contributed by atoms with Gasteiger partial charge in [-0.05, 0) is 92.8 Å². The first-order valence-electron chi connectivity index (χ1n) is 13.2. The van der Waals surface area contributed by atoms with E-state index in [1.807, 2.05) is 11.1 Å². The number of piperidine rings is 1. The van der Waals surface area contributed by atoms with Gasteiger partial charge in [-0.2, -0.15) is 0 Å². The second kappa shape index (κ2) is 10.1. The van der Waals surface area contributed by atoms with Gasteiger partial charge in [0.15, 0.2) is 0 Å². The number of ether oxygens (including phenoxy) is 2. The van der Waals surface area contributed by atoms with Gasteiger partial charge >= 0.3 is 0 Å². The Kier molecular flexibility index (Phi) is 6.56. The van der Waals surface area contributed by atoms with Gasteiger partial charge in [-0.1, -0.05) is 12.0 Å². The van der Waals surface area contributed by atoms with Crippen LogP contribution in [0.1, 0.15) is 61.1 Å². The molecular formula is C29H34N4O3. The monoisotopic (exact) mass is 486 g/mol. The van der Waals surface area contributed by atoms with Crippen LogP contribution in [0, 0.1) is 11.8 Å². The molecule has 0 atom stereocenters. The second-order valence-electron chi connectivity index (χ2n) is 10.3. The molecule has 3 fully saturated rings. The van der Waals surface area contributed by atoms with Crippen molar-refractivity contribution < 1.29 is 14.3 Å². The van der Waals surface area contributed by atoms with Crippen LogP contribution in [0.4, 0.5) is 11.5 Å². The quantitative estimate of drug-likeness (QED) is 0.661. The lowest BCUT2D eigenvalue weighted by atomic mass is 9.88. The summed E-state index contributed by atoms with van der Waals surface area (Å²) in [7, 11) is 0. The van der Waals surface area contributed by atoms with Crippen molar-refractivity contribution in [3.8, 4) is 17.6 Å². The fourth-order valence-electron chi connectivity index (χ4n) is 6.10. The lowest BCUT2D eigenvalue weighted by molar-refractivity contribution is -0.132. The summed E-state index contributed by atoms with van der Waals surface area (Å²) in [6, 6.07) is 9.25. The molecule has 0 radical (unpaired) electrons. The highest BCUT2D eigenvalue weighted by Gasteiger charge is 2.36. The molecule has 4 aliphatic heterocycles. The third kappa shape index (κ3) is 4.56. The maximum atomic E-state index is 11.9. The maximum absolute atomic E-state index is 11.9. The zero-order chi connectivity index (χ0) is 24.5. The molecule has 0 spiro atoms. The Balaban J connectivity index is 1.11. The first-order chi connectivity index (χ1) is 17.7. The zero-order valence-corrected chi connectivity index (χ0v) is 21.0. The fraction of sp³-hybridized carbons (Fsp3) is 0.517. The Morgan fingerprint density at radius 1 is 1.08 bits per heavy atom. The predicted molar refractivity (Wildman–Crippen MR) is 138 cm³/mol. The third-order valence-corrected chi connectivity index (χ3v) is 8.28. The highest BCUT2D eigenvalue weighted by Crippen LogP contribution is 2.40. The number of fused-ring (bicyclic) bond motifs is 2. The molecule has 7 nitrogen and oxygen atoms in total. The summed E-state index contributed by atoms with van der Waals surface area (Å²) in [5.74, 6) is 8.15. The lowest BCUT2D eigenvalue weighted by Crippen LogP contribution is -2.61. The normalized spacial score (nSPS) is 21.1. The Bertz CT molecular complexity index is 1180. The molecule has 0 aliphatic carbocycles. The van der Waals surface area contributed by atoms with Gasteiger partial charge in [-0.15, -0.1) is 0 Å². The van der Waals surface area contributed by atoms with Gasteiger partial charge in [0.25, 0.3) is 5.91 Å². The van der Waals surface area contributed by atoms with E-state index in [2.05, 4.69) is 51.3 Å². The number of likely N-dealkylation sites (tertiary alicyclic amines) is 2. The number of nitrogens with zero attached hydrogens (tertiary/aromatic N) is 3. The van der Waals surface area contributed by atoms with Gasteiger partial charge < -0.3 is 19.7 Å². The number of carbonyl (C=O) groups excluding carboxylic acids is 1. The van der Waals surface area contributed by atoms with Crippen LogP contribution in [0.3, 0.4) is 0 Å². The largest absolute Gasteiger partial charge is 0.487 e. The fourth-order valence-corrected chi connectivity index (χ4v) is 6.10. The highest BCUT2D eigenvalue weighted by molar-refractivity contribution is 5.94. The van der Waals surface area contributed by atoms with E-state index in [0.29, 0.717) is 24.5 Å². The molecule has 1 aromatic carbocycles. The summed E-state index contributed by atoms with van der Waals surface area (Å²) < 4.78 is 11.9. The predicted octanol–water partition coefficient (Wildman–Crippen LogP) is 4.03. The van der Waals surface area contributed by atoms with E-state index in [1.54, 1.807) is 6.92 Å². The van der Waals surface area contributed by atoms with Crippen molar-refractivity contribution in [3.63, 3.8) is 0 Å². The van der Waals surface area contributed by atoms with Crippen LogP contribution in [0.25, 0.3) is 0 Å². The average Bonchev–Trinajstić information content (AvgIpc) is 3.08. The summed E-state index contributed by atoms with van der Waals surface area (Å²) >= 11 is 0. The third-order valence-electron chi connectivity index (χ3n) is 8.28. The number of aromatic nitrogens is 1. The maximum Gasteiger partial charge on any atom is 0.298 e. The van der Waals surface area contributed by atoms with Gasteiger partial charge in [-0.25, -0.2) is 4.98 Å². The van der Waals surface area contributed by atoms with Crippen LogP contribution in [-0.4, -0.2) is 66.1 Å². The molecule has 6 rings (SSSR count). The molecule has 1 N–H and O–H groups in total. The van der Waals surface area contributed by atoms with Crippen LogP contribution >= 0.6 is 0 Å². The van der Waals surface area contributed by atoms with E-state index in [9.17, 15) is 4.79 Å². The van der Waals surface area contributed by atoms with Crippen molar-refractivity contribution in [1.82, 2.24) is 14.8 Å². The van der Waals surface area contributed by atoms with Crippen molar-refractivity contribution in [2.75, 3.05) is 44.7 Å². The van der Waals surface area contributed by atoms with Crippen molar-refractivity contribution >= 4 is 17.4 Å². The van der Waals surface area contributed by atoms with E-state index >= 15 is 0 Å². The standard InChI is InChI=1S/C29H34N4O3/c1-2-3-28(34)33-17-23(18-33)32-12-7-20(8-13-32)22-4-5-27-26(16-22)31-29-25(19-36-27)24(6-11-30-29)21-9-14-35-15-10-21/h4-6,11,16,20-21,23H,7-10,12-15,17-19H2,1H3,(H,30,31). The topological polar surface area (TPSA) is 66.9 Å². The van der Waals surface area contributed by atoms with Gasteiger partial charge in [0.1, 0.15) is 18.2 Å². The van der Waals surface area contributed by atoms with Gasteiger partial charge in [0.05, 0.1) is 5.69 Å². The van der Waals surface area contributed by atoms with Crippen LogP contribution in [0.15, 0.2) is 30.5 Å². The van der Waals surface area contributed by atoms with E-state index < -0.39 is 0 Å². The van der Waals surface area contributed by atoms with E-state index in [4.69, 9.17) is 9.47 Å². The first-order valence-corrected chi connectivity index (χ1v) is 13.2. The number of carbonyl (C=O) groups is 1. The van der Waals surface area contributed by atoms with Crippen molar-refractivity contribution in [2.45, 2.75) is 57.1 Å². The number of hydrogen-bond donors (Lipinski definition) is 1. The summed E-state index contributed by atoms with van der Waals surface area (Å²) in [5.41, 5.74) is 4.88. The summed E-state index contributed by atoms with van der Waals surface area (Å²) in [4.78, 5) is 21.0. The first kappa shape index (κ1) is 23.3. The number of benzene rings is 1. The molecule has 5 heterocycles. The number of anilines is 2. The molecule has 2 aromatic rings. The zero-order valence-electron chi connectivity index (χ0n) is 21.0. The Morgan fingerprint density at radius 2 is 1.89 bits per heavy atom. The van der Waals surface area contributed by atoms with Crippen LogP contribution in [-0.2, 0) is 16.1 Å². The molecular weight excluding hydrogens is 452 g/mol. The lowest BCUT2D eigenvalue weighted by Gasteiger charge is -2.47. The van der Waals surface area contributed by atoms with E-state index in [-0.39, 0.29) is 5.91 Å². The van der Waals surface area contributed by atoms with Gasteiger partial charge in [-0.3, -0.25) is 9.69 Å². The van der Waals surface area contributed by atoms with E-state index in [1.165, 1.54) is 16.7 Å². The van der Waals surface area contributed by atoms with Crippen LogP contribution < -0.4 is 10.1 Å². The smallest absolute Gasteiger partial charge is 0.298 e. The molecule has 1 aromatic heterocycles. The average molecular weight is 487 g/mol. The highest BCUT2D eigenvalue weighted by atomic mass is 16.5. The minimum atomic E-state index is -0.0423. The number of hydrogen-bond acceptors (Lipinski definition) is 6. The molecule has 3 saturated heterocycles. The van der Waals surface area contributed by atoms with Crippen molar-refractivity contribution in [1.29, 1.82) is 0 Å². The second-order valence-corrected chi connectivity index (χ2v) is 10.3. The van der Waals surface area contributed by atoms with Crippen LogP contribution in [0.2, 0.25) is 0 Å². The minimum Gasteiger partial charge on any atom is -0.487 e. The van der Waals surface area contributed by atoms with Crippen molar-refractivity contribution in [3.05, 3.63) is 47.2 Å². The molecule has 36 heavy (non-hydrogen) atoms. The number of pyridine rings is 1. The Labute approximate surface area is 213 Å². The summed E-state index contributed by atoms with van der Waals surface area (Å²) in [5, 5.41) is 3.61. The number of nitrogens with one attached hydrogen (secondary N) is 1. The molecule has 1 amide bonds. The Morgan fingerprint density at radius 3 is 2.67 bits per heavy atom. The molecule has 0 saturated carbocycles. The van der Waals surface area contributed by atoms with Gasteiger partial charge in [0, 0.05) is 44.1 Å². The van der Waals surface area contributed by atoms with Gasteiger partial charge in [0.2, 0.25) is 0 Å². The molecule has 4 aliphatic rings. The molecule has 7 heteroatoms. The Hall–Kier alpha value is -3.08. The van der Waals surface area contributed by atoms with Crippen LogP contribution in [0.5, 0.6) is 5.75 Å². The van der Waals surface area contributed by atoms with Crippen molar-refractivity contribution in [2.24, 2.45) is 0 Å². The number of rotatable bonds is 3.